The molecule has 7 heteroatoms. The van der Waals surface area contributed by atoms with Gasteiger partial charge in [-0.15, -0.1) is 0 Å². The number of likely N-dealkylation sites (N-methyl/N-ethyl adjacent to an activating group) is 1. The number of aliphatic hydroxyl groups excluding tert-OH is 1. The van der Waals surface area contributed by atoms with E-state index in [2.05, 4.69) is 4.98 Å². The quantitative estimate of drug-likeness (QED) is 0.562. The number of ether oxygens (including phenoxy) is 1. The lowest BCUT2D eigenvalue weighted by molar-refractivity contribution is 0.0831. The molecular formula is C24H27N3O4. The molecule has 1 unspecified atom stereocenters. The summed E-state index contributed by atoms with van der Waals surface area (Å²) in [4.78, 5) is 29.9. The van der Waals surface area contributed by atoms with Gasteiger partial charge in [-0.05, 0) is 49.5 Å². The third-order valence-corrected chi connectivity index (χ3v) is 4.69. The molecule has 31 heavy (non-hydrogen) atoms. The smallest absolute Gasteiger partial charge is 0.274 e. The minimum Gasteiger partial charge on any atom is -0.491 e. The van der Waals surface area contributed by atoms with Crippen LogP contribution >= 0.6 is 0 Å². The van der Waals surface area contributed by atoms with Crippen molar-refractivity contribution in [1.29, 1.82) is 0 Å². The number of aliphatic hydroxyl groups is 1. The number of nitrogens with one attached hydrogen (secondary N) is 1. The summed E-state index contributed by atoms with van der Waals surface area (Å²) < 4.78 is 6.94. The Morgan fingerprint density at radius 2 is 1.68 bits per heavy atom. The SMILES string of the molecule is CN(C)CC(O)COc1ccc(/C=c2\[nH]c(=O)/c(=C/c3ccccc3)n(C)c2=O)cc1. The molecule has 0 bridgehead atoms. The number of hydrogen-bond acceptors (Lipinski definition) is 5. The highest BCUT2D eigenvalue weighted by Crippen LogP contribution is 2.12. The second-order valence-corrected chi connectivity index (χ2v) is 7.61. The average molecular weight is 421 g/mol. The first-order chi connectivity index (χ1) is 14.8. The van der Waals surface area contributed by atoms with Gasteiger partial charge in [0, 0.05) is 13.6 Å². The van der Waals surface area contributed by atoms with E-state index in [1.807, 2.05) is 49.3 Å². The Labute approximate surface area is 180 Å². The molecule has 0 fully saturated rings. The Balaban J connectivity index is 1.85. The molecule has 3 rings (SSSR count). The van der Waals surface area contributed by atoms with Crippen molar-refractivity contribution in [2.45, 2.75) is 6.10 Å². The number of nitrogens with zero attached hydrogens (tertiary/aromatic N) is 2. The van der Waals surface area contributed by atoms with E-state index in [-0.39, 0.29) is 28.4 Å². The van der Waals surface area contributed by atoms with Gasteiger partial charge < -0.3 is 24.3 Å². The number of aromatic amines is 1. The Hall–Kier alpha value is -3.42. The first-order valence-corrected chi connectivity index (χ1v) is 9.97. The summed E-state index contributed by atoms with van der Waals surface area (Å²) in [7, 11) is 5.35. The van der Waals surface area contributed by atoms with Gasteiger partial charge in [0.2, 0.25) is 0 Å². The van der Waals surface area contributed by atoms with Crippen LogP contribution in [0, 0.1) is 0 Å². The van der Waals surface area contributed by atoms with Crippen molar-refractivity contribution >= 4 is 12.2 Å². The van der Waals surface area contributed by atoms with Gasteiger partial charge in [-0.1, -0.05) is 42.5 Å². The predicted molar refractivity (Wildman–Crippen MR) is 122 cm³/mol. The normalized spacial score (nSPS) is 13.6. The van der Waals surface area contributed by atoms with E-state index in [9.17, 15) is 14.7 Å². The lowest BCUT2D eigenvalue weighted by Gasteiger charge is -2.16. The molecule has 0 aliphatic rings. The lowest BCUT2D eigenvalue weighted by atomic mass is 10.2. The van der Waals surface area contributed by atoms with E-state index in [0.29, 0.717) is 12.3 Å². The van der Waals surface area contributed by atoms with Crippen LogP contribution in [0.25, 0.3) is 12.2 Å². The van der Waals surface area contributed by atoms with Crippen LogP contribution in [0.1, 0.15) is 11.1 Å². The van der Waals surface area contributed by atoms with Crippen molar-refractivity contribution in [3.05, 3.63) is 97.1 Å². The van der Waals surface area contributed by atoms with Crippen molar-refractivity contribution in [3.63, 3.8) is 0 Å². The summed E-state index contributed by atoms with van der Waals surface area (Å²) in [5, 5.41) is 10.4. The molecule has 2 N–H and O–H groups in total. The summed E-state index contributed by atoms with van der Waals surface area (Å²) >= 11 is 0. The number of rotatable bonds is 7. The van der Waals surface area contributed by atoms with Gasteiger partial charge in [-0.2, -0.15) is 0 Å². The van der Waals surface area contributed by atoms with Gasteiger partial charge in [-0.25, -0.2) is 0 Å². The molecule has 0 spiro atoms. The Kier molecular flexibility index (Phi) is 7.23. The fraction of sp³-hybridized carbons (Fsp3) is 0.250. The number of benzene rings is 2. The summed E-state index contributed by atoms with van der Waals surface area (Å²) in [6.45, 7) is 0.703. The topological polar surface area (TPSA) is 87.6 Å². The molecule has 0 aliphatic carbocycles. The standard InChI is InChI=1S/C24H27N3O4/c1-26(2)15-19(28)16-31-20-11-9-18(10-12-20)13-21-24(30)27(3)22(23(29)25-21)14-17-7-5-4-6-8-17/h4-14,19,28H,15-16H2,1-3H3,(H,25,29)/b21-13-,22-14-. The molecule has 7 nitrogen and oxygen atoms in total. The molecule has 1 aromatic heterocycles. The van der Waals surface area contributed by atoms with E-state index in [0.717, 1.165) is 11.1 Å². The van der Waals surface area contributed by atoms with Gasteiger partial charge in [0.15, 0.2) is 0 Å². The second-order valence-electron chi connectivity index (χ2n) is 7.61. The molecule has 0 aliphatic heterocycles. The molecule has 3 aromatic rings. The zero-order valence-corrected chi connectivity index (χ0v) is 17.9. The van der Waals surface area contributed by atoms with E-state index in [1.165, 1.54) is 4.57 Å². The predicted octanol–water partition coefficient (Wildman–Crippen LogP) is 0.0325. The highest BCUT2D eigenvalue weighted by Gasteiger charge is 2.06. The van der Waals surface area contributed by atoms with Gasteiger partial charge in [0.05, 0.1) is 0 Å². The molecule has 2 aromatic carbocycles. The van der Waals surface area contributed by atoms with Gasteiger partial charge in [0.25, 0.3) is 11.1 Å². The lowest BCUT2D eigenvalue weighted by Crippen LogP contribution is -2.52. The molecule has 0 saturated carbocycles. The third kappa shape index (κ3) is 6.04. The van der Waals surface area contributed by atoms with Crippen molar-refractivity contribution < 1.29 is 9.84 Å². The number of H-pyrrole nitrogens is 1. The van der Waals surface area contributed by atoms with Gasteiger partial charge in [0.1, 0.15) is 29.2 Å². The van der Waals surface area contributed by atoms with Crippen LogP contribution in [0.3, 0.4) is 0 Å². The first-order valence-electron chi connectivity index (χ1n) is 9.97. The van der Waals surface area contributed by atoms with E-state index in [4.69, 9.17) is 4.74 Å². The maximum atomic E-state index is 12.8. The highest BCUT2D eigenvalue weighted by atomic mass is 16.5. The number of hydrogen-bond donors (Lipinski definition) is 2. The maximum absolute atomic E-state index is 12.8. The fourth-order valence-corrected chi connectivity index (χ4v) is 3.14. The number of aromatic nitrogens is 2. The molecule has 1 heterocycles. The average Bonchev–Trinajstić information content (AvgIpc) is 2.74. The fourth-order valence-electron chi connectivity index (χ4n) is 3.14. The zero-order valence-electron chi connectivity index (χ0n) is 17.9. The minimum atomic E-state index is -0.583. The molecule has 0 saturated heterocycles. The molecule has 162 valence electrons. The van der Waals surface area contributed by atoms with Crippen LogP contribution in [0.4, 0.5) is 0 Å². The Bertz CT molecular complexity index is 1240. The van der Waals surface area contributed by atoms with E-state index >= 15 is 0 Å². The van der Waals surface area contributed by atoms with Crippen molar-refractivity contribution in [3.8, 4) is 5.75 Å². The maximum Gasteiger partial charge on any atom is 0.274 e. The van der Waals surface area contributed by atoms with Gasteiger partial charge in [-0.3, -0.25) is 9.59 Å². The van der Waals surface area contributed by atoms with E-state index < -0.39 is 6.10 Å². The molecule has 0 amide bonds. The zero-order chi connectivity index (χ0) is 22.4. The second kappa shape index (κ2) is 10.1. The minimum absolute atomic E-state index is 0.189. The summed E-state index contributed by atoms with van der Waals surface area (Å²) in [5.74, 6) is 0.615. The van der Waals surface area contributed by atoms with E-state index in [1.54, 1.807) is 43.5 Å². The largest absolute Gasteiger partial charge is 0.491 e. The van der Waals surface area contributed by atoms with Crippen molar-refractivity contribution in [1.82, 2.24) is 14.5 Å². The van der Waals surface area contributed by atoms with Crippen LogP contribution in [0.2, 0.25) is 0 Å². The molecular weight excluding hydrogens is 394 g/mol. The summed E-state index contributed by atoms with van der Waals surface area (Å²) in [6.07, 6.45) is 2.72. The van der Waals surface area contributed by atoms with Gasteiger partial charge >= 0.3 is 0 Å². The van der Waals surface area contributed by atoms with Crippen LogP contribution in [-0.4, -0.2) is 52.9 Å². The van der Waals surface area contributed by atoms with Crippen molar-refractivity contribution in [2.24, 2.45) is 7.05 Å². The van der Waals surface area contributed by atoms with Crippen LogP contribution in [-0.2, 0) is 7.05 Å². The monoisotopic (exact) mass is 421 g/mol. The van der Waals surface area contributed by atoms with Crippen molar-refractivity contribution in [2.75, 3.05) is 27.2 Å². The summed E-state index contributed by atoms with van der Waals surface area (Å²) in [5.41, 5.74) is 0.945. The highest BCUT2D eigenvalue weighted by molar-refractivity contribution is 5.50. The molecule has 0 radical (unpaired) electrons. The molecule has 1 atom stereocenters. The van der Waals surface area contributed by atoms with Crippen LogP contribution in [0.5, 0.6) is 5.75 Å². The van der Waals surface area contributed by atoms with Crippen LogP contribution in [0.15, 0.2) is 64.2 Å². The Morgan fingerprint density at radius 3 is 2.32 bits per heavy atom. The third-order valence-electron chi connectivity index (χ3n) is 4.69. The van der Waals surface area contributed by atoms with Crippen LogP contribution < -0.4 is 26.6 Å². The first kappa shape index (κ1) is 22.3. The Morgan fingerprint density at radius 1 is 1.03 bits per heavy atom. The summed E-state index contributed by atoms with van der Waals surface area (Å²) in [6, 6.07) is 16.5.